The van der Waals surface area contributed by atoms with Gasteiger partial charge in [-0.25, -0.2) is 4.98 Å². The van der Waals surface area contributed by atoms with Crippen LogP contribution in [0.15, 0.2) is 18.2 Å². The quantitative estimate of drug-likeness (QED) is 0.869. The molecular weight excluding hydrogens is 210 g/mol. The maximum Gasteiger partial charge on any atom is 0.131 e. The predicted molar refractivity (Wildman–Crippen MR) is 73.6 cm³/mol. The van der Waals surface area contributed by atoms with Crippen LogP contribution in [-0.2, 0) is 0 Å². The van der Waals surface area contributed by atoms with E-state index < -0.39 is 0 Å². The number of nitrogens with one attached hydrogen (secondary N) is 1. The first-order valence-electron chi connectivity index (χ1n) is 6.68. The molecule has 1 saturated heterocycles. The molecule has 2 unspecified atom stereocenters. The van der Waals surface area contributed by atoms with Crippen LogP contribution in [0, 0.1) is 5.92 Å². The molecule has 1 fully saturated rings. The van der Waals surface area contributed by atoms with E-state index in [0.717, 1.165) is 30.6 Å². The van der Waals surface area contributed by atoms with E-state index >= 15 is 0 Å². The Kier molecular flexibility index (Phi) is 3.87. The number of nitrogens with zero attached hydrogens (tertiary/aromatic N) is 2. The van der Waals surface area contributed by atoms with Crippen molar-refractivity contribution in [2.75, 3.05) is 23.3 Å². The first-order chi connectivity index (χ1) is 8.20. The lowest BCUT2D eigenvalue weighted by Gasteiger charge is -2.37. The molecule has 1 aromatic heterocycles. The van der Waals surface area contributed by atoms with Crippen LogP contribution in [0.25, 0.3) is 0 Å². The van der Waals surface area contributed by atoms with E-state index in [1.807, 2.05) is 6.07 Å². The Balaban J connectivity index is 2.13. The van der Waals surface area contributed by atoms with Crippen molar-refractivity contribution in [2.24, 2.45) is 5.92 Å². The summed E-state index contributed by atoms with van der Waals surface area (Å²) in [4.78, 5) is 7.11. The fourth-order valence-corrected chi connectivity index (χ4v) is 2.61. The van der Waals surface area contributed by atoms with Crippen molar-refractivity contribution in [2.45, 2.75) is 39.7 Å². The standard InChI is InChI=1S/C14H23N3/c1-4-15-13-6-5-7-14(16-13)17-9-8-11(2)10-12(17)3/h5-7,11-12H,4,8-10H2,1-3H3,(H,15,16). The van der Waals surface area contributed by atoms with Gasteiger partial charge in [-0.2, -0.15) is 0 Å². The molecule has 1 N–H and O–H groups in total. The molecule has 3 nitrogen and oxygen atoms in total. The van der Waals surface area contributed by atoms with Gasteiger partial charge in [0.05, 0.1) is 0 Å². The molecule has 0 saturated carbocycles. The third kappa shape index (κ3) is 2.90. The van der Waals surface area contributed by atoms with Gasteiger partial charge in [0.1, 0.15) is 11.6 Å². The highest BCUT2D eigenvalue weighted by molar-refractivity contribution is 5.48. The molecule has 94 valence electrons. The average molecular weight is 233 g/mol. The zero-order valence-corrected chi connectivity index (χ0v) is 11.1. The number of hydrogen-bond donors (Lipinski definition) is 1. The molecule has 1 aliphatic heterocycles. The van der Waals surface area contributed by atoms with Gasteiger partial charge in [0.15, 0.2) is 0 Å². The van der Waals surface area contributed by atoms with Crippen molar-refractivity contribution in [1.82, 2.24) is 4.98 Å². The summed E-state index contributed by atoms with van der Waals surface area (Å²) in [7, 11) is 0. The van der Waals surface area contributed by atoms with Gasteiger partial charge in [-0.15, -0.1) is 0 Å². The first-order valence-corrected chi connectivity index (χ1v) is 6.68. The molecule has 0 bridgehead atoms. The molecular formula is C14H23N3. The Hall–Kier alpha value is -1.25. The van der Waals surface area contributed by atoms with E-state index in [-0.39, 0.29) is 0 Å². The van der Waals surface area contributed by atoms with E-state index in [0.29, 0.717) is 6.04 Å². The molecule has 0 amide bonds. The average Bonchev–Trinajstić information content (AvgIpc) is 2.29. The fraction of sp³-hybridized carbons (Fsp3) is 0.643. The fourth-order valence-electron chi connectivity index (χ4n) is 2.61. The normalized spacial score (nSPS) is 24.8. The molecule has 2 atom stereocenters. The third-order valence-corrected chi connectivity index (χ3v) is 3.52. The SMILES string of the molecule is CCNc1cccc(N2CCC(C)CC2C)n1. The Morgan fingerprint density at radius 1 is 1.41 bits per heavy atom. The largest absolute Gasteiger partial charge is 0.370 e. The van der Waals surface area contributed by atoms with E-state index in [1.165, 1.54) is 12.8 Å². The molecule has 2 rings (SSSR count). The predicted octanol–water partition coefficient (Wildman–Crippen LogP) is 3.14. The van der Waals surface area contributed by atoms with Gasteiger partial charge in [0, 0.05) is 19.1 Å². The van der Waals surface area contributed by atoms with Crippen molar-refractivity contribution in [3.8, 4) is 0 Å². The van der Waals surface area contributed by atoms with Gasteiger partial charge < -0.3 is 10.2 Å². The second-order valence-electron chi connectivity index (χ2n) is 5.08. The summed E-state index contributed by atoms with van der Waals surface area (Å²) in [5.41, 5.74) is 0. The Morgan fingerprint density at radius 3 is 2.94 bits per heavy atom. The molecule has 0 radical (unpaired) electrons. The lowest BCUT2D eigenvalue weighted by atomic mass is 9.93. The minimum atomic E-state index is 0.600. The number of pyridine rings is 1. The molecule has 3 heteroatoms. The van der Waals surface area contributed by atoms with Gasteiger partial charge >= 0.3 is 0 Å². The summed E-state index contributed by atoms with van der Waals surface area (Å²) in [6.07, 6.45) is 2.55. The van der Waals surface area contributed by atoms with Gasteiger partial charge in [0.25, 0.3) is 0 Å². The van der Waals surface area contributed by atoms with Gasteiger partial charge in [0.2, 0.25) is 0 Å². The van der Waals surface area contributed by atoms with Crippen LogP contribution < -0.4 is 10.2 Å². The van der Waals surface area contributed by atoms with E-state index in [2.05, 4.69) is 48.1 Å². The Morgan fingerprint density at radius 2 is 2.24 bits per heavy atom. The van der Waals surface area contributed by atoms with Crippen LogP contribution in [0.1, 0.15) is 33.6 Å². The second-order valence-corrected chi connectivity index (χ2v) is 5.08. The Labute approximate surface area is 104 Å². The monoisotopic (exact) mass is 233 g/mol. The Bertz CT molecular complexity index is 364. The van der Waals surface area contributed by atoms with Crippen LogP contribution in [0.2, 0.25) is 0 Å². The van der Waals surface area contributed by atoms with Crippen molar-refractivity contribution in [1.29, 1.82) is 0 Å². The van der Waals surface area contributed by atoms with E-state index in [4.69, 9.17) is 0 Å². The zero-order valence-electron chi connectivity index (χ0n) is 11.1. The van der Waals surface area contributed by atoms with Gasteiger partial charge in [-0.05, 0) is 44.7 Å². The minimum Gasteiger partial charge on any atom is -0.370 e. The summed E-state index contributed by atoms with van der Waals surface area (Å²) in [6.45, 7) is 8.79. The van der Waals surface area contributed by atoms with Crippen molar-refractivity contribution in [3.05, 3.63) is 18.2 Å². The lowest BCUT2D eigenvalue weighted by molar-refractivity contribution is 0.376. The number of hydrogen-bond acceptors (Lipinski definition) is 3. The van der Waals surface area contributed by atoms with Crippen molar-refractivity contribution < 1.29 is 0 Å². The van der Waals surface area contributed by atoms with E-state index in [9.17, 15) is 0 Å². The topological polar surface area (TPSA) is 28.2 Å². The minimum absolute atomic E-state index is 0.600. The molecule has 0 aromatic carbocycles. The highest BCUT2D eigenvalue weighted by atomic mass is 15.2. The molecule has 17 heavy (non-hydrogen) atoms. The van der Waals surface area contributed by atoms with Crippen molar-refractivity contribution >= 4 is 11.6 Å². The number of aromatic nitrogens is 1. The number of rotatable bonds is 3. The van der Waals surface area contributed by atoms with E-state index in [1.54, 1.807) is 0 Å². The molecule has 0 aliphatic carbocycles. The summed E-state index contributed by atoms with van der Waals surface area (Å²) in [5.74, 6) is 2.94. The van der Waals surface area contributed by atoms with Crippen LogP contribution in [-0.4, -0.2) is 24.1 Å². The zero-order chi connectivity index (χ0) is 12.3. The molecule has 0 spiro atoms. The lowest BCUT2D eigenvalue weighted by Crippen LogP contribution is -2.40. The smallest absolute Gasteiger partial charge is 0.131 e. The summed E-state index contributed by atoms with van der Waals surface area (Å²) < 4.78 is 0. The van der Waals surface area contributed by atoms with Gasteiger partial charge in [-0.3, -0.25) is 0 Å². The first kappa shape index (κ1) is 12.2. The summed E-state index contributed by atoms with van der Waals surface area (Å²) in [5, 5.41) is 3.27. The van der Waals surface area contributed by atoms with Crippen LogP contribution in [0.4, 0.5) is 11.6 Å². The summed E-state index contributed by atoms with van der Waals surface area (Å²) >= 11 is 0. The second kappa shape index (κ2) is 5.39. The van der Waals surface area contributed by atoms with Gasteiger partial charge in [-0.1, -0.05) is 13.0 Å². The van der Waals surface area contributed by atoms with Crippen molar-refractivity contribution in [3.63, 3.8) is 0 Å². The number of piperidine rings is 1. The van der Waals surface area contributed by atoms with Crippen LogP contribution in [0.3, 0.4) is 0 Å². The highest BCUT2D eigenvalue weighted by Gasteiger charge is 2.23. The maximum absolute atomic E-state index is 4.68. The highest BCUT2D eigenvalue weighted by Crippen LogP contribution is 2.26. The van der Waals surface area contributed by atoms with Crippen LogP contribution >= 0.6 is 0 Å². The molecule has 1 aliphatic rings. The molecule has 2 heterocycles. The third-order valence-electron chi connectivity index (χ3n) is 3.52. The molecule has 1 aromatic rings. The number of anilines is 2. The summed E-state index contributed by atoms with van der Waals surface area (Å²) in [6, 6.07) is 6.84. The maximum atomic E-state index is 4.68. The van der Waals surface area contributed by atoms with Crippen LogP contribution in [0.5, 0.6) is 0 Å².